The highest BCUT2D eigenvalue weighted by Crippen LogP contribution is 2.23. The Labute approximate surface area is 147 Å². The highest BCUT2D eigenvalue weighted by atomic mass is 79.9. The quantitative estimate of drug-likeness (QED) is 0.844. The van der Waals surface area contributed by atoms with Gasteiger partial charge in [0.2, 0.25) is 5.91 Å². The van der Waals surface area contributed by atoms with Gasteiger partial charge in [0.25, 0.3) is 0 Å². The van der Waals surface area contributed by atoms with Crippen molar-refractivity contribution >= 4 is 27.5 Å². The van der Waals surface area contributed by atoms with Crippen LogP contribution < -0.4 is 10.6 Å². The summed E-state index contributed by atoms with van der Waals surface area (Å²) in [6.07, 6.45) is 4.54. The number of benzene rings is 1. The van der Waals surface area contributed by atoms with Crippen LogP contribution in [0, 0.1) is 11.8 Å². The van der Waals surface area contributed by atoms with Crippen molar-refractivity contribution in [3.8, 4) is 0 Å². The van der Waals surface area contributed by atoms with Gasteiger partial charge in [-0.3, -0.25) is 4.79 Å². The lowest BCUT2D eigenvalue weighted by atomic mass is 9.93. The Morgan fingerprint density at radius 3 is 2.65 bits per heavy atom. The zero-order valence-electron chi connectivity index (χ0n) is 13.6. The highest BCUT2D eigenvalue weighted by molar-refractivity contribution is 9.10. The molecule has 0 radical (unpaired) electrons. The number of nitrogens with one attached hydrogen (secondary N) is 2. The summed E-state index contributed by atoms with van der Waals surface area (Å²) in [6.45, 7) is 5.65. The molecule has 0 bridgehead atoms. The molecule has 2 N–H and O–H groups in total. The summed E-state index contributed by atoms with van der Waals surface area (Å²) in [5.74, 6) is 1.16. The Bertz CT molecular complexity index is 523. The number of amides is 1. The van der Waals surface area contributed by atoms with Gasteiger partial charge in [-0.25, -0.2) is 0 Å². The molecule has 5 heteroatoms. The van der Waals surface area contributed by atoms with E-state index in [1.54, 1.807) is 0 Å². The number of nitrogens with zero attached hydrogens (tertiary/aromatic N) is 1. The van der Waals surface area contributed by atoms with E-state index in [2.05, 4.69) is 31.5 Å². The zero-order chi connectivity index (χ0) is 16.1. The van der Waals surface area contributed by atoms with Gasteiger partial charge in [0.1, 0.15) is 0 Å². The third-order valence-corrected chi connectivity index (χ3v) is 5.52. The maximum absolute atomic E-state index is 12.4. The summed E-state index contributed by atoms with van der Waals surface area (Å²) in [5.41, 5.74) is 0.876. The number of carbonyl (C=O) groups is 1. The van der Waals surface area contributed by atoms with Gasteiger partial charge in [-0.05, 0) is 76.0 Å². The molecule has 2 aliphatic heterocycles. The van der Waals surface area contributed by atoms with Crippen molar-refractivity contribution < 1.29 is 4.79 Å². The summed E-state index contributed by atoms with van der Waals surface area (Å²) >= 11 is 3.44. The molecule has 0 aliphatic carbocycles. The lowest BCUT2D eigenvalue weighted by Crippen LogP contribution is -2.42. The van der Waals surface area contributed by atoms with E-state index in [0.717, 1.165) is 55.1 Å². The normalized spacial score (nSPS) is 21.3. The van der Waals surface area contributed by atoms with E-state index in [1.165, 1.54) is 19.4 Å². The first kappa shape index (κ1) is 16.9. The van der Waals surface area contributed by atoms with Crippen molar-refractivity contribution in [2.45, 2.75) is 25.7 Å². The van der Waals surface area contributed by atoms with Crippen LogP contribution in [0.2, 0.25) is 0 Å². The van der Waals surface area contributed by atoms with E-state index >= 15 is 0 Å². The van der Waals surface area contributed by atoms with E-state index in [0.29, 0.717) is 0 Å². The number of carbonyl (C=O) groups excluding carboxylic acids is 1. The summed E-state index contributed by atoms with van der Waals surface area (Å²) in [6, 6.07) is 7.80. The lowest BCUT2D eigenvalue weighted by Gasteiger charge is -2.35. The van der Waals surface area contributed by atoms with Crippen LogP contribution in [0.25, 0.3) is 0 Å². The minimum Gasteiger partial charge on any atom is -0.326 e. The number of piperidine rings is 2. The summed E-state index contributed by atoms with van der Waals surface area (Å²) in [5, 5.41) is 6.48. The van der Waals surface area contributed by atoms with Crippen molar-refractivity contribution in [1.82, 2.24) is 10.2 Å². The molecule has 0 spiro atoms. The average molecular weight is 380 g/mol. The van der Waals surface area contributed by atoms with Crippen LogP contribution >= 0.6 is 15.9 Å². The molecule has 0 aromatic heterocycles. The van der Waals surface area contributed by atoms with E-state index in [4.69, 9.17) is 0 Å². The molecule has 3 rings (SSSR count). The molecule has 4 nitrogen and oxygen atoms in total. The second-order valence-corrected chi connectivity index (χ2v) is 7.68. The maximum Gasteiger partial charge on any atom is 0.227 e. The second-order valence-electron chi connectivity index (χ2n) is 6.77. The molecule has 0 unspecified atom stereocenters. The number of anilines is 1. The Hall–Kier alpha value is -0.910. The molecule has 1 aromatic rings. The fourth-order valence-electron chi connectivity index (χ4n) is 3.62. The monoisotopic (exact) mass is 379 g/mol. The zero-order valence-corrected chi connectivity index (χ0v) is 15.1. The third-order valence-electron chi connectivity index (χ3n) is 5.03. The van der Waals surface area contributed by atoms with Gasteiger partial charge >= 0.3 is 0 Å². The molecular formula is C18H26BrN3O. The molecular weight excluding hydrogens is 354 g/mol. The van der Waals surface area contributed by atoms with Gasteiger partial charge < -0.3 is 15.5 Å². The van der Waals surface area contributed by atoms with Crippen molar-refractivity contribution in [1.29, 1.82) is 0 Å². The smallest absolute Gasteiger partial charge is 0.227 e. The van der Waals surface area contributed by atoms with Crippen LogP contribution in [-0.2, 0) is 4.79 Å². The predicted octanol–water partition coefficient (Wildman–Crippen LogP) is 3.10. The largest absolute Gasteiger partial charge is 0.326 e. The summed E-state index contributed by atoms with van der Waals surface area (Å²) < 4.78 is 0.993. The molecule has 126 valence electrons. The standard InChI is InChI=1S/C18H26BrN3O/c19-16-2-1-3-17(12-16)21-18(23)15-6-10-22(11-7-15)13-14-4-8-20-9-5-14/h1-3,12,14-15,20H,4-11,13H2,(H,21,23). The summed E-state index contributed by atoms with van der Waals surface area (Å²) in [4.78, 5) is 15.0. The van der Waals surface area contributed by atoms with Gasteiger partial charge in [-0.2, -0.15) is 0 Å². The summed E-state index contributed by atoms with van der Waals surface area (Å²) in [7, 11) is 0. The van der Waals surface area contributed by atoms with Gasteiger partial charge in [0, 0.05) is 22.6 Å². The third kappa shape index (κ3) is 5.03. The van der Waals surface area contributed by atoms with Gasteiger partial charge in [0.05, 0.1) is 0 Å². The molecule has 2 fully saturated rings. The first-order chi connectivity index (χ1) is 11.2. The first-order valence-corrected chi connectivity index (χ1v) is 9.49. The molecule has 2 saturated heterocycles. The fraction of sp³-hybridized carbons (Fsp3) is 0.611. The average Bonchev–Trinajstić information content (AvgIpc) is 2.56. The number of hydrogen-bond acceptors (Lipinski definition) is 3. The Morgan fingerprint density at radius 2 is 1.96 bits per heavy atom. The minimum absolute atomic E-state index is 0.151. The minimum atomic E-state index is 0.151. The molecule has 23 heavy (non-hydrogen) atoms. The van der Waals surface area contributed by atoms with Crippen molar-refractivity contribution in [3.05, 3.63) is 28.7 Å². The number of halogens is 1. The molecule has 0 atom stereocenters. The van der Waals surface area contributed by atoms with Crippen LogP contribution in [0.1, 0.15) is 25.7 Å². The van der Waals surface area contributed by atoms with Crippen LogP contribution in [0.5, 0.6) is 0 Å². The molecule has 2 aliphatic rings. The predicted molar refractivity (Wildman–Crippen MR) is 97.5 cm³/mol. The van der Waals surface area contributed by atoms with Gasteiger partial charge in [-0.15, -0.1) is 0 Å². The maximum atomic E-state index is 12.4. The van der Waals surface area contributed by atoms with Crippen LogP contribution in [0.4, 0.5) is 5.69 Å². The molecule has 1 aromatic carbocycles. The molecule has 0 saturated carbocycles. The molecule has 1 amide bonds. The second kappa shape index (κ2) is 8.27. The first-order valence-electron chi connectivity index (χ1n) is 8.70. The van der Waals surface area contributed by atoms with E-state index in [-0.39, 0.29) is 11.8 Å². The van der Waals surface area contributed by atoms with Crippen molar-refractivity contribution in [3.63, 3.8) is 0 Å². The Morgan fingerprint density at radius 1 is 1.22 bits per heavy atom. The van der Waals surface area contributed by atoms with E-state index in [1.807, 2.05) is 24.3 Å². The van der Waals surface area contributed by atoms with Crippen molar-refractivity contribution in [2.24, 2.45) is 11.8 Å². The topological polar surface area (TPSA) is 44.4 Å². The lowest BCUT2D eigenvalue weighted by molar-refractivity contribution is -0.121. The number of rotatable bonds is 4. The fourth-order valence-corrected chi connectivity index (χ4v) is 4.02. The Kier molecular flexibility index (Phi) is 6.08. The number of hydrogen-bond donors (Lipinski definition) is 2. The SMILES string of the molecule is O=C(Nc1cccc(Br)c1)C1CCN(CC2CCNCC2)CC1. The number of likely N-dealkylation sites (tertiary alicyclic amines) is 1. The van der Waals surface area contributed by atoms with Gasteiger partial charge in [-0.1, -0.05) is 22.0 Å². The Balaban J connectivity index is 1.43. The van der Waals surface area contributed by atoms with Crippen LogP contribution in [0.15, 0.2) is 28.7 Å². The van der Waals surface area contributed by atoms with Crippen molar-refractivity contribution in [2.75, 3.05) is 38.0 Å². The van der Waals surface area contributed by atoms with Crippen LogP contribution in [0.3, 0.4) is 0 Å². The van der Waals surface area contributed by atoms with E-state index < -0.39 is 0 Å². The van der Waals surface area contributed by atoms with E-state index in [9.17, 15) is 4.79 Å². The van der Waals surface area contributed by atoms with Crippen LogP contribution in [-0.4, -0.2) is 43.5 Å². The molecule has 2 heterocycles. The highest BCUT2D eigenvalue weighted by Gasteiger charge is 2.26. The van der Waals surface area contributed by atoms with Gasteiger partial charge in [0.15, 0.2) is 0 Å².